The van der Waals surface area contributed by atoms with E-state index < -0.39 is 9.39 Å². The fourth-order valence-electron chi connectivity index (χ4n) is 1.55. The average Bonchev–Trinajstić information content (AvgIpc) is 2.83. The maximum atomic E-state index is 13.0. The fourth-order valence-corrected chi connectivity index (χ4v) is 2.20. The molecule has 15 heavy (non-hydrogen) atoms. The van der Waals surface area contributed by atoms with Crippen LogP contribution in [0.5, 0.6) is 0 Å². The summed E-state index contributed by atoms with van der Waals surface area (Å²) >= 11 is 17.1. The Bertz CT molecular complexity index is 371. The zero-order chi connectivity index (χ0) is 11.1. The summed E-state index contributed by atoms with van der Waals surface area (Å²) in [6, 6.07) is 6.16. The lowest BCUT2D eigenvalue weighted by atomic mass is 9.97. The minimum absolute atomic E-state index is 0.230. The van der Waals surface area contributed by atoms with Crippen LogP contribution in [0, 0.1) is 5.82 Å². The largest absolute Gasteiger partial charge is 0.364 e. The Labute approximate surface area is 102 Å². The van der Waals surface area contributed by atoms with Gasteiger partial charge in [-0.2, -0.15) is 0 Å². The molecule has 1 fully saturated rings. The normalized spacial score (nSPS) is 25.3. The van der Waals surface area contributed by atoms with E-state index in [1.165, 1.54) is 12.1 Å². The summed E-state index contributed by atoms with van der Waals surface area (Å²) in [5.41, 5.74) is 0.0988. The number of ether oxygens (including phenoxy) is 1. The SMILES string of the molecule is Fc1cccc(C2(CC(Cl)(Cl)Cl)CO2)c1. The molecule has 1 atom stereocenters. The number of hydrogen-bond acceptors (Lipinski definition) is 1. The first kappa shape index (κ1) is 11.5. The summed E-state index contributed by atoms with van der Waals surface area (Å²) in [6.07, 6.45) is 0.230. The third kappa shape index (κ3) is 2.76. The number of rotatable bonds is 2. The van der Waals surface area contributed by atoms with Crippen LogP contribution in [0.15, 0.2) is 24.3 Å². The second-order valence-corrected chi connectivity index (χ2v) is 6.10. The van der Waals surface area contributed by atoms with Gasteiger partial charge in [0.05, 0.1) is 6.61 Å². The van der Waals surface area contributed by atoms with Gasteiger partial charge >= 0.3 is 0 Å². The summed E-state index contributed by atoms with van der Waals surface area (Å²) < 4.78 is 16.9. The molecular weight excluding hydrogens is 261 g/mol. The Balaban J connectivity index is 2.23. The highest BCUT2D eigenvalue weighted by Crippen LogP contribution is 2.49. The highest BCUT2D eigenvalue weighted by Gasteiger charge is 2.51. The quantitative estimate of drug-likeness (QED) is 0.587. The molecule has 1 unspecified atom stereocenters. The van der Waals surface area contributed by atoms with Gasteiger partial charge in [0.25, 0.3) is 0 Å². The van der Waals surface area contributed by atoms with E-state index in [4.69, 9.17) is 39.5 Å². The Morgan fingerprint density at radius 3 is 2.53 bits per heavy atom. The number of halogens is 4. The van der Waals surface area contributed by atoms with E-state index in [2.05, 4.69) is 0 Å². The van der Waals surface area contributed by atoms with Crippen LogP contribution >= 0.6 is 34.8 Å². The van der Waals surface area contributed by atoms with E-state index in [-0.39, 0.29) is 12.2 Å². The van der Waals surface area contributed by atoms with Gasteiger partial charge in [0.2, 0.25) is 0 Å². The Morgan fingerprint density at radius 1 is 1.40 bits per heavy atom. The first-order valence-corrected chi connectivity index (χ1v) is 5.51. The Hall–Kier alpha value is -0.0200. The third-order valence-corrected chi connectivity index (χ3v) is 2.73. The summed E-state index contributed by atoms with van der Waals surface area (Å²) in [6.45, 7) is 0.463. The number of benzene rings is 1. The maximum Gasteiger partial charge on any atom is 0.193 e. The van der Waals surface area contributed by atoms with Crippen LogP contribution in [0.4, 0.5) is 4.39 Å². The number of hydrogen-bond donors (Lipinski definition) is 0. The highest BCUT2D eigenvalue weighted by molar-refractivity contribution is 6.67. The van der Waals surface area contributed by atoms with E-state index >= 15 is 0 Å². The summed E-state index contributed by atoms with van der Waals surface area (Å²) in [5, 5.41) is 0. The zero-order valence-corrected chi connectivity index (χ0v) is 9.91. The molecule has 1 heterocycles. The second-order valence-electron chi connectivity index (χ2n) is 3.59. The van der Waals surface area contributed by atoms with Crippen LogP contribution in [0.25, 0.3) is 0 Å². The standard InChI is InChI=1S/C10H8Cl3FO/c11-10(12,13)5-9(6-15-9)7-2-1-3-8(14)4-7/h1-4H,5-6H2. The molecule has 0 radical (unpaired) electrons. The Morgan fingerprint density at radius 2 is 2.07 bits per heavy atom. The molecular formula is C10H8Cl3FO. The Kier molecular flexibility index (Phi) is 2.89. The molecule has 2 rings (SSSR count). The predicted molar refractivity (Wildman–Crippen MR) is 58.9 cm³/mol. The van der Waals surface area contributed by atoms with E-state index in [1.807, 2.05) is 0 Å². The molecule has 0 N–H and O–H groups in total. The van der Waals surface area contributed by atoms with Gasteiger partial charge < -0.3 is 4.74 Å². The molecule has 1 nitrogen and oxygen atoms in total. The van der Waals surface area contributed by atoms with Crippen molar-refractivity contribution < 1.29 is 9.13 Å². The predicted octanol–water partition coefficient (Wildman–Crippen LogP) is 3.81. The van der Waals surface area contributed by atoms with Gasteiger partial charge in [0.1, 0.15) is 11.4 Å². The minimum atomic E-state index is -1.39. The minimum Gasteiger partial charge on any atom is -0.364 e. The molecule has 0 aromatic heterocycles. The van der Waals surface area contributed by atoms with Gasteiger partial charge in [-0.05, 0) is 17.7 Å². The topological polar surface area (TPSA) is 12.5 Å². The van der Waals surface area contributed by atoms with Crippen molar-refractivity contribution in [2.45, 2.75) is 15.8 Å². The molecule has 0 saturated carbocycles. The summed E-state index contributed by atoms with van der Waals surface area (Å²) in [7, 11) is 0. The van der Waals surface area contributed by atoms with Crippen molar-refractivity contribution in [2.75, 3.05) is 6.61 Å². The number of epoxide rings is 1. The second kappa shape index (κ2) is 3.77. The van der Waals surface area contributed by atoms with Gasteiger partial charge in [0, 0.05) is 6.42 Å². The smallest absolute Gasteiger partial charge is 0.193 e. The van der Waals surface area contributed by atoms with Crippen LogP contribution in [0.1, 0.15) is 12.0 Å². The van der Waals surface area contributed by atoms with Crippen LogP contribution in [-0.4, -0.2) is 10.4 Å². The average molecular weight is 270 g/mol. The molecule has 1 aromatic carbocycles. The molecule has 1 aromatic rings. The van der Waals surface area contributed by atoms with Crippen molar-refractivity contribution >= 4 is 34.8 Å². The van der Waals surface area contributed by atoms with E-state index in [0.29, 0.717) is 12.2 Å². The number of alkyl halides is 3. The molecule has 0 amide bonds. The van der Waals surface area contributed by atoms with Gasteiger partial charge in [0.15, 0.2) is 3.79 Å². The van der Waals surface area contributed by atoms with Gasteiger partial charge in [-0.15, -0.1) is 0 Å². The van der Waals surface area contributed by atoms with E-state index in [9.17, 15) is 4.39 Å². The van der Waals surface area contributed by atoms with Crippen molar-refractivity contribution in [3.63, 3.8) is 0 Å². The molecule has 1 saturated heterocycles. The first-order chi connectivity index (χ1) is 6.91. The molecule has 82 valence electrons. The molecule has 0 bridgehead atoms. The van der Waals surface area contributed by atoms with Crippen LogP contribution in [-0.2, 0) is 10.3 Å². The van der Waals surface area contributed by atoms with E-state index in [1.54, 1.807) is 12.1 Å². The van der Waals surface area contributed by atoms with Gasteiger partial charge in [-0.1, -0.05) is 46.9 Å². The van der Waals surface area contributed by atoms with Crippen LogP contribution in [0.3, 0.4) is 0 Å². The fraction of sp³-hybridized carbons (Fsp3) is 0.400. The molecule has 0 aliphatic carbocycles. The lowest BCUT2D eigenvalue weighted by Gasteiger charge is -2.17. The molecule has 0 spiro atoms. The third-order valence-electron chi connectivity index (χ3n) is 2.33. The van der Waals surface area contributed by atoms with Gasteiger partial charge in [-0.3, -0.25) is 0 Å². The van der Waals surface area contributed by atoms with Crippen LogP contribution < -0.4 is 0 Å². The maximum absolute atomic E-state index is 13.0. The van der Waals surface area contributed by atoms with Gasteiger partial charge in [-0.25, -0.2) is 4.39 Å². The van der Waals surface area contributed by atoms with Crippen molar-refractivity contribution in [3.8, 4) is 0 Å². The lowest BCUT2D eigenvalue weighted by Crippen LogP contribution is -2.18. The van der Waals surface area contributed by atoms with Crippen molar-refractivity contribution in [1.29, 1.82) is 0 Å². The summed E-state index contributed by atoms with van der Waals surface area (Å²) in [5.74, 6) is -0.313. The van der Waals surface area contributed by atoms with Crippen molar-refractivity contribution in [1.82, 2.24) is 0 Å². The highest BCUT2D eigenvalue weighted by atomic mass is 35.6. The molecule has 5 heteroatoms. The van der Waals surface area contributed by atoms with Crippen molar-refractivity contribution in [2.24, 2.45) is 0 Å². The molecule has 1 aliphatic heterocycles. The molecule has 1 aliphatic rings. The summed E-state index contributed by atoms with van der Waals surface area (Å²) in [4.78, 5) is 0. The zero-order valence-electron chi connectivity index (χ0n) is 7.64. The first-order valence-electron chi connectivity index (χ1n) is 4.38. The monoisotopic (exact) mass is 268 g/mol. The van der Waals surface area contributed by atoms with Crippen molar-refractivity contribution in [3.05, 3.63) is 35.6 Å². The lowest BCUT2D eigenvalue weighted by molar-refractivity contribution is 0.294. The van der Waals surface area contributed by atoms with Crippen LogP contribution in [0.2, 0.25) is 0 Å². The van der Waals surface area contributed by atoms with E-state index in [0.717, 1.165) is 0 Å².